The number of carbonyl (C=O) groups excluding carboxylic acids is 2. The van der Waals surface area contributed by atoms with Crippen LogP contribution in [0.4, 0.5) is 4.79 Å². The molecule has 0 bridgehead atoms. The van der Waals surface area contributed by atoms with Crippen LogP contribution in [-0.4, -0.2) is 48.2 Å². The Kier molecular flexibility index (Phi) is 3.47. The third-order valence-corrected chi connectivity index (χ3v) is 3.97. The third-order valence-electron chi connectivity index (χ3n) is 3.97. The largest absolute Gasteiger partial charge is 0.444 e. The summed E-state index contributed by atoms with van der Waals surface area (Å²) >= 11 is 0. The average Bonchev–Trinajstić information content (AvgIpc) is 2.57. The van der Waals surface area contributed by atoms with Crippen LogP contribution in [0.15, 0.2) is 0 Å². The highest BCUT2D eigenvalue weighted by atomic mass is 16.6. The first kappa shape index (κ1) is 14.1. The van der Waals surface area contributed by atoms with Crippen molar-refractivity contribution in [3.63, 3.8) is 0 Å². The maximum absolute atomic E-state index is 12.0. The minimum absolute atomic E-state index is 0.0780. The Bertz CT molecular complexity index is 381. The fourth-order valence-corrected chi connectivity index (χ4v) is 2.71. The van der Waals surface area contributed by atoms with Crippen molar-refractivity contribution in [1.82, 2.24) is 10.2 Å². The molecule has 2 saturated heterocycles. The first-order chi connectivity index (χ1) is 8.73. The molecule has 0 unspecified atom stereocenters. The summed E-state index contributed by atoms with van der Waals surface area (Å²) in [6, 6.07) is -0.451. The molecule has 0 aromatic heterocycles. The second kappa shape index (κ2) is 4.67. The van der Waals surface area contributed by atoms with E-state index in [1.54, 1.807) is 4.90 Å². The van der Waals surface area contributed by atoms with Crippen molar-refractivity contribution in [2.45, 2.75) is 45.3 Å². The molecule has 2 aliphatic heterocycles. The Balaban J connectivity index is 1.93. The van der Waals surface area contributed by atoms with E-state index in [0.717, 1.165) is 12.8 Å². The number of nitrogens with zero attached hydrogens (tertiary/aromatic N) is 1. The normalized spacial score (nSPS) is 26.4. The summed E-state index contributed by atoms with van der Waals surface area (Å²) < 4.78 is 5.35. The van der Waals surface area contributed by atoms with Crippen molar-refractivity contribution in [3.8, 4) is 0 Å². The smallest absolute Gasteiger partial charge is 0.410 e. The van der Waals surface area contributed by atoms with Crippen LogP contribution in [0.3, 0.4) is 0 Å². The molecule has 108 valence electrons. The van der Waals surface area contributed by atoms with E-state index < -0.39 is 11.6 Å². The van der Waals surface area contributed by atoms with E-state index in [1.807, 2.05) is 20.8 Å². The van der Waals surface area contributed by atoms with E-state index in [2.05, 4.69) is 5.32 Å². The zero-order valence-corrected chi connectivity index (χ0v) is 11.9. The first-order valence-electron chi connectivity index (χ1n) is 6.75. The first-order valence-corrected chi connectivity index (χ1v) is 6.75. The molecule has 3 N–H and O–H groups in total. The van der Waals surface area contributed by atoms with Gasteiger partial charge in [0.05, 0.1) is 6.04 Å². The molecule has 19 heavy (non-hydrogen) atoms. The van der Waals surface area contributed by atoms with Crippen LogP contribution in [0.1, 0.15) is 33.6 Å². The Morgan fingerprint density at radius 2 is 2.00 bits per heavy atom. The van der Waals surface area contributed by atoms with Gasteiger partial charge in [-0.25, -0.2) is 4.79 Å². The van der Waals surface area contributed by atoms with E-state index in [-0.39, 0.29) is 17.4 Å². The molecule has 0 aliphatic carbocycles. The van der Waals surface area contributed by atoms with Gasteiger partial charge >= 0.3 is 6.09 Å². The lowest BCUT2D eigenvalue weighted by Crippen LogP contribution is -2.52. The van der Waals surface area contributed by atoms with Gasteiger partial charge in [0, 0.05) is 25.0 Å². The zero-order valence-electron chi connectivity index (χ0n) is 11.9. The lowest BCUT2D eigenvalue weighted by Gasteiger charge is -2.40. The van der Waals surface area contributed by atoms with E-state index in [1.165, 1.54) is 0 Å². The number of rotatable bonds is 0. The van der Waals surface area contributed by atoms with Crippen LogP contribution in [-0.2, 0) is 9.53 Å². The molecule has 6 nitrogen and oxygen atoms in total. The van der Waals surface area contributed by atoms with Crippen LogP contribution in [0.25, 0.3) is 0 Å². The van der Waals surface area contributed by atoms with E-state index in [0.29, 0.717) is 19.6 Å². The minimum atomic E-state index is -0.479. The van der Waals surface area contributed by atoms with Crippen LogP contribution in [0, 0.1) is 5.41 Å². The molecule has 2 rings (SSSR count). The summed E-state index contributed by atoms with van der Waals surface area (Å²) in [6.45, 7) is 7.37. The van der Waals surface area contributed by atoms with Crippen LogP contribution >= 0.6 is 0 Å². The van der Waals surface area contributed by atoms with Gasteiger partial charge in [0.2, 0.25) is 5.91 Å². The number of hydrogen-bond donors (Lipinski definition) is 2. The van der Waals surface area contributed by atoms with Gasteiger partial charge in [-0.3, -0.25) is 4.79 Å². The second-order valence-electron chi connectivity index (χ2n) is 6.53. The lowest BCUT2D eigenvalue weighted by molar-refractivity contribution is -0.121. The van der Waals surface area contributed by atoms with Gasteiger partial charge in [-0.1, -0.05) is 0 Å². The summed E-state index contributed by atoms with van der Waals surface area (Å²) in [5.41, 5.74) is 5.30. The molecule has 0 aromatic rings. The van der Waals surface area contributed by atoms with Crippen molar-refractivity contribution < 1.29 is 14.3 Å². The van der Waals surface area contributed by atoms with E-state index >= 15 is 0 Å². The van der Waals surface area contributed by atoms with Gasteiger partial charge in [0.25, 0.3) is 0 Å². The van der Waals surface area contributed by atoms with Gasteiger partial charge < -0.3 is 20.7 Å². The topological polar surface area (TPSA) is 84.7 Å². The average molecular weight is 269 g/mol. The van der Waals surface area contributed by atoms with Crippen molar-refractivity contribution >= 4 is 12.0 Å². The summed E-state index contributed by atoms with van der Waals surface area (Å²) in [5.74, 6) is -0.0780. The molecular weight excluding hydrogens is 246 g/mol. The Morgan fingerprint density at radius 3 is 2.42 bits per heavy atom. The van der Waals surface area contributed by atoms with Gasteiger partial charge in [0.1, 0.15) is 5.60 Å². The Hall–Kier alpha value is -1.30. The molecule has 2 fully saturated rings. The number of nitrogens with one attached hydrogen (secondary N) is 1. The summed E-state index contributed by atoms with van der Waals surface area (Å²) in [5, 5.41) is 2.81. The number of nitrogens with two attached hydrogens (primary N) is 1. The van der Waals surface area contributed by atoms with Crippen LogP contribution in [0.2, 0.25) is 0 Å². The quantitative estimate of drug-likeness (QED) is 0.669. The molecule has 2 amide bonds. The Labute approximate surface area is 113 Å². The molecule has 2 aliphatic rings. The van der Waals surface area contributed by atoms with Crippen molar-refractivity contribution in [2.75, 3.05) is 19.6 Å². The summed E-state index contributed by atoms with van der Waals surface area (Å²) in [4.78, 5) is 25.2. The number of amides is 2. The molecule has 2 heterocycles. The minimum Gasteiger partial charge on any atom is -0.444 e. The number of piperidine rings is 1. The highest BCUT2D eigenvalue weighted by Crippen LogP contribution is 2.37. The molecule has 1 spiro atoms. The third kappa shape index (κ3) is 2.83. The summed E-state index contributed by atoms with van der Waals surface area (Å²) in [6.07, 6.45) is 1.20. The molecular formula is C13H23N3O3. The molecule has 6 heteroatoms. The Morgan fingerprint density at radius 1 is 1.42 bits per heavy atom. The maximum Gasteiger partial charge on any atom is 0.410 e. The second-order valence-corrected chi connectivity index (χ2v) is 6.53. The predicted octanol–water partition coefficient (Wildman–Crippen LogP) is 0.461. The highest BCUT2D eigenvalue weighted by Gasteiger charge is 2.48. The maximum atomic E-state index is 12.0. The number of hydrogen-bond acceptors (Lipinski definition) is 4. The van der Waals surface area contributed by atoms with E-state index in [4.69, 9.17) is 10.5 Å². The van der Waals surface area contributed by atoms with Gasteiger partial charge in [-0.05, 0) is 33.6 Å². The SMILES string of the molecule is CC(C)(C)OC(=O)N1CCC2(CC1)CNC(=O)[C@H]2N. The molecule has 0 saturated carbocycles. The number of ether oxygens (including phenoxy) is 1. The fourth-order valence-electron chi connectivity index (χ4n) is 2.71. The van der Waals surface area contributed by atoms with Gasteiger partial charge in [0.15, 0.2) is 0 Å². The lowest BCUT2D eigenvalue weighted by atomic mass is 9.75. The van der Waals surface area contributed by atoms with Crippen molar-refractivity contribution in [3.05, 3.63) is 0 Å². The molecule has 1 atom stereocenters. The van der Waals surface area contributed by atoms with Crippen LogP contribution < -0.4 is 11.1 Å². The van der Waals surface area contributed by atoms with Crippen molar-refractivity contribution in [1.29, 1.82) is 0 Å². The van der Waals surface area contributed by atoms with Gasteiger partial charge in [-0.15, -0.1) is 0 Å². The highest BCUT2D eigenvalue weighted by molar-refractivity contribution is 5.85. The summed E-state index contributed by atoms with van der Waals surface area (Å²) in [7, 11) is 0. The number of carbonyl (C=O) groups is 2. The fraction of sp³-hybridized carbons (Fsp3) is 0.846. The zero-order chi connectivity index (χ0) is 14.3. The molecule has 0 radical (unpaired) electrons. The predicted molar refractivity (Wildman–Crippen MR) is 70.5 cm³/mol. The molecule has 0 aromatic carbocycles. The number of likely N-dealkylation sites (tertiary alicyclic amines) is 1. The monoisotopic (exact) mass is 269 g/mol. The van der Waals surface area contributed by atoms with Crippen molar-refractivity contribution in [2.24, 2.45) is 11.1 Å². The van der Waals surface area contributed by atoms with Crippen LogP contribution in [0.5, 0.6) is 0 Å². The van der Waals surface area contributed by atoms with Gasteiger partial charge in [-0.2, -0.15) is 0 Å². The van der Waals surface area contributed by atoms with E-state index in [9.17, 15) is 9.59 Å². The standard InChI is InChI=1S/C13H23N3O3/c1-12(2,3)19-11(18)16-6-4-13(5-7-16)8-15-10(17)9(13)14/h9H,4-8,14H2,1-3H3,(H,15,17)/t9-/m1/s1.